The fraction of sp³-hybridized carbons (Fsp3) is 0.316. The van der Waals surface area contributed by atoms with Gasteiger partial charge in [0.2, 0.25) is 0 Å². The summed E-state index contributed by atoms with van der Waals surface area (Å²) in [5.74, 6) is -0.0226. The molecule has 1 N–H and O–H groups in total. The van der Waals surface area contributed by atoms with Gasteiger partial charge in [0, 0.05) is 18.7 Å². The summed E-state index contributed by atoms with van der Waals surface area (Å²) in [5.41, 5.74) is 3.19. The van der Waals surface area contributed by atoms with Gasteiger partial charge in [-0.3, -0.25) is 9.69 Å². The lowest BCUT2D eigenvalue weighted by atomic mass is 10.1. The number of rotatable bonds is 5. The number of carbonyl (C=O) groups is 1. The quantitative estimate of drug-likeness (QED) is 0.918. The van der Waals surface area contributed by atoms with Crippen LogP contribution in [0.25, 0.3) is 0 Å². The maximum Gasteiger partial charge on any atom is 0.251 e. The van der Waals surface area contributed by atoms with Gasteiger partial charge in [-0.25, -0.2) is 0 Å². The summed E-state index contributed by atoms with van der Waals surface area (Å²) in [7, 11) is 0. The Hall–Kier alpha value is -2.13. The Labute approximate surface area is 132 Å². The second-order valence-corrected chi connectivity index (χ2v) is 5.85. The number of hydrogen-bond donors (Lipinski definition) is 1. The smallest absolute Gasteiger partial charge is 0.251 e. The number of amides is 1. The summed E-state index contributed by atoms with van der Waals surface area (Å²) >= 11 is 0. The summed E-state index contributed by atoms with van der Waals surface area (Å²) in [4.78, 5) is 14.6. The summed E-state index contributed by atoms with van der Waals surface area (Å²) in [5, 5.41) is 2.98. The molecule has 1 aliphatic heterocycles. The highest BCUT2D eigenvalue weighted by molar-refractivity contribution is 5.94. The Balaban J connectivity index is 1.57. The predicted octanol–water partition coefficient (Wildman–Crippen LogP) is 3.21. The largest absolute Gasteiger partial charge is 0.348 e. The van der Waals surface area contributed by atoms with Crippen molar-refractivity contribution in [2.75, 3.05) is 13.1 Å². The second-order valence-electron chi connectivity index (χ2n) is 5.85. The monoisotopic (exact) mass is 294 g/mol. The zero-order valence-corrected chi connectivity index (χ0v) is 12.8. The Kier molecular flexibility index (Phi) is 4.86. The van der Waals surface area contributed by atoms with Crippen LogP contribution in [0.3, 0.4) is 0 Å². The van der Waals surface area contributed by atoms with Gasteiger partial charge < -0.3 is 5.32 Å². The van der Waals surface area contributed by atoms with Gasteiger partial charge in [0.1, 0.15) is 0 Å². The Morgan fingerprint density at radius 3 is 2.45 bits per heavy atom. The zero-order valence-electron chi connectivity index (χ0n) is 12.8. The molecule has 0 bridgehead atoms. The average Bonchev–Trinajstić information content (AvgIpc) is 3.07. The lowest BCUT2D eigenvalue weighted by Gasteiger charge is -2.15. The number of carbonyl (C=O) groups excluding carboxylic acids is 1. The first kappa shape index (κ1) is 14.8. The van der Waals surface area contributed by atoms with Crippen molar-refractivity contribution in [2.24, 2.45) is 0 Å². The van der Waals surface area contributed by atoms with Crippen LogP contribution in [0, 0.1) is 0 Å². The van der Waals surface area contributed by atoms with Gasteiger partial charge in [0.15, 0.2) is 0 Å². The normalized spacial score (nSPS) is 14.9. The van der Waals surface area contributed by atoms with Crippen LogP contribution >= 0.6 is 0 Å². The molecule has 0 aromatic heterocycles. The molecule has 22 heavy (non-hydrogen) atoms. The summed E-state index contributed by atoms with van der Waals surface area (Å²) < 4.78 is 0. The number of hydrogen-bond acceptors (Lipinski definition) is 2. The van der Waals surface area contributed by atoms with Crippen molar-refractivity contribution in [3.05, 3.63) is 71.3 Å². The highest BCUT2D eigenvalue weighted by Crippen LogP contribution is 2.14. The summed E-state index contributed by atoms with van der Waals surface area (Å²) in [6.45, 7) is 3.99. The number of likely N-dealkylation sites (tertiary alicyclic amines) is 1. The van der Waals surface area contributed by atoms with Crippen molar-refractivity contribution in [1.82, 2.24) is 10.2 Å². The van der Waals surface area contributed by atoms with Crippen LogP contribution < -0.4 is 5.32 Å². The van der Waals surface area contributed by atoms with Gasteiger partial charge in [-0.2, -0.15) is 0 Å². The van der Waals surface area contributed by atoms with E-state index in [0.717, 1.165) is 12.1 Å². The Morgan fingerprint density at radius 1 is 0.955 bits per heavy atom. The van der Waals surface area contributed by atoms with Crippen LogP contribution in [0.5, 0.6) is 0 Å². The van der Waals surface area contributed by atoms with E-state index in [0.29, 0.717) is 12.1 Å². The van der Waals surface area contributed by atoms with Crippen LogP contribution in [-0.4, -0.2) is 23.9 Å². The maximum atomic E-state index is 12.1. The molecule has 0 unspecified atom stereocenters. The molecular formula is C19H22N2O. The molecule has 2 aromatic rings. The molecule has 1 aliphatic rings. The van der Waals surface area contributed by atoms with E-state index in [-0.39, 0.29) is 5.91 Å². The molecule has 2 aromatic carbocycles. The van der Waals surface area contributed by atoms with Gasteiger partial charge in [0.25, 0.3) is 5.91 Å². The topological polar surface area (TPSA) is 32.3 Å². The first-order valence-corrected chi connectivity index (χ1v) is 7.95. The molecule has 114 valence electrons. The SMILES string of the molecule is O=C(NCc1cccc(CN2CCCC2)c1)c1ccccc1. The molecule has 3 heteroatoms. The van der Waals surface area contributed by atoms with Crippen LogP contribution in [0.4, 0.5) is 0 Å². The second kappa shape index (κ2) is 7.23. The maximum absolute atomic E-state index is 12.1. The van der Waals surface area contributed by atoms with E-state index in [1.807, 2.05) is 30.3 Å². The van der Waals surface area contributed by atoms with E-state index in [1.165, 1.54) is 31.5 Å². The molecule has 0 spiro atoms. The van der Waals surface area contributed by atoms with Gasteiger partial charge in [-0.1, -0.05) is 42.5 Å². The number of nitrogens with zero attached hydrogens (tertiary/aromatic N) is 1. The molecule has 1 fully saturated rings. The minimum atomic E-state index is -0.0226. The molecule has 0 aliphatic carbocycles. The van der Waals surface area contributed by atoms with E-state index < -0.39 is 0 Å². The summed E-state index contributed by atoms with van der Waals surface area (Å²) in [6.07, 6.45) is 2.62. The molecule has 3 nitrogen and oxygen atoms in total. The number of nitrogens with one attached hydrogen (secondary N) is 1. The Morgan fingerprint density at radius 2 is 1.68 bits per heavy atom. The minimum Gasteiger partial charge on any atom is -0.348 e. The highest BCUT2D eigenvalue weighted by atomic mass is 16.1. The first-order chi connectivity index (χ1) is 10.8. The molecule has 0 radical (unpaired) electrons. The lowest BCUT2D eigenvalue weighted by Crippen LogP contribution is -2.23. The molecule has 3 rings (SSSR count). The van der Waals surface area contributed by atoms with Crippen molar-refractivity contribution in [3.8, 4) is 0 Å². The third-order valence-corrected chi connectivity index (χ3v) is 4.09. The van der Waals surface area contributed by atoms with Gasteiger partial charge in [-0.05, 0) is 49.2 Å². The van der Waals surface area contributed by atoms with E-state index in [1.54, 1.807) is 0 Å². The summed E-state index contributed by atoms with van der Waals surface area (Å²) in [6, 6.07) is 17.9. The fourth-order valence-electron chi connectivity index (χ4n) is 2.91. The van der Waals surface area contributed by atoms with E-state index in [9.17, 15) is 4.79 Å². The zero-order chi connectivity index (χ0) is 15.2. The minimum absolute atomic E-state index is 0.0226. The van der Waals surface area contributed by atoms with E-state index >= 15 is 0 Å². The average molecular weight is 294 g/mol. The molecule has 1 amide bonds. The van der Waals surface area contributed by atoms with Crippen LogP contribution in [0.15, 0.2) is 54.6 Å². The molecule has 0 saturated carbocycles. The fourth-order valence-corrected chi connectivity index (χ4v) is 2.91. The highest BCUT2D eigenvalue weighted by Gasteiger charge is 2.11. The van der Waals surface area contributed by atoms with Gasteiger partial charge in [0.05, 0.1) is 0 Å². The van der Waals surface area contributed by atoms with Crippen molar-refractivity contribution < 1.29 is 4.79 Å². The van der Waals surface area contributed by atoms with Crippen molar-refractivity contribution in [1.29, 1.82) is 0 Å². The lowest BCUT2D eigenvalue weighted by molar-refractivity contribution is 0.0951. The van der Waals surface area contributed by atoms with E-state index in [4.69, 9.17) is 0 Å². The standard InChI is InChI=1S/C19H22N2O/c22-19(18-9-2-1-3-10-18)20-14-16-7-6-8-17(13-16)15-21-11-4-5-12-21/h1-3,6-10,13H,4-5,11-12,14-15H2,(H,20,22). The predicted molar refractivity (Wildman–Crippen MR) is 88.6 cm³/mol. The molecular weight excluding hydrogens is 272 g/mol. The van der Waals surface area contributed by atoms with Crippen molar-refractivity contribution in [2.45, 2.75) is 25.9 Å². The Bertz CT molecular complexity index is 618. The molecule has 1 saturated heterocycles. The third kappa shape index (κ3) is 3.95. The van der Waals surface area contributed by atoms with Crippen molar-refractivity contribution in [3.63, 3.8) is 0 Å². The van der Waals surface area contributed by atoms with Crippen molar-refractivity contribution >= 4 is 5.91 Å². The molecule has 0 atom stereocenters. The first-order valence-electron chi connectivity index (χ1n) is 7.95. The van der Waals surface area contributed by atoms with Crippen LogP contribution in [0.2, 0.25) is 0 Å². The van der Waals surface area contributed by atoms with Crippen LogP contribution in [-0.2, 0) is 13.1 Å². The third-order valence-electron chi connectivity index (χ3n) is 4.09. The van der Waals surface area contributed by atoms with E-state index in [2.05, 4.69) is 34.5 Å². The van der Waals surface area contributed by atoms with Gasteiger partial charge >= 0.3 is 0 Å². The van der Waals surface area contributed by atoms with Crippen LogP contribution in [0.1, 0.15) is 34.3 Å². The molecule has 1 heterocycles. The van der Waals surface area contributed by atoms with Gasteiger partial charge in [-0.15, -0.1) is 0 Å². The number of benzene rings is 2.